The van der Waals surface area contributed by atoms with Crippen molar-refractivity contribution in [1.82, 2.24) is 9.97 Å². The minimum absolute atomic E-state index is 0.101. The van der Waals surface area contributed by atoms with Gasteiger partial charge in [0.25, 0.3) is 0 Å². The molecule has 11 heteroatoms. The van der Waals surface area contributed by atoms with Crippen LogP contribution < -0.4 is 10.2 Å². The van der Waals surface area contributed by atoms with Crippen LogP contribution in [0.25, 0.3) is 5.70 Å². The number of aromatic nitrogens is 2. The molecular formula is C24H25F4N5S2. The number of thioether (sulfide) groups is 1. The third-order valence-electron chi connectivity index (χ3n) is 4.85. The van der Waals surface area contributed by atoms with E-state index in [0.29, 0.717) is 22.8 Å². The highest BCUT2D eigenvalue weighted by atomic mass is 32.2. The van der Waals surface area contributed by atoms with Gasteiger partial charge in [-0.1, -0.05) is 12.1 Å². The van der Waals surface area contributed by atoms with E-state index >= 15 is 0 Å². The first-order chi connectivity index (χ1) is 16.6. The second kappa shape index (κ2) is 11.7. The molecule has 5 nitrogen and oxygen atoms in total. The van der Waals surface area contributed by atoms with Gasteiger partial charge in [-0.2, -0.15) is 13.2 Å². The molecule has 2 aromatic heterocycles. The molecule has 0 aliphatic carbocycles. The summed E-state index contributed by atoms with van der Waals surface area (Å²) in [5, 5.41) is 5.99. The highest BCUT2D eigenvalue weighted by Crippen LogP contribution is 2.29. The summed E-state index contributed by atoms with van der Waals surface area (Å²) in [4.78, 5) is 14.7. The van der Waals surface area contributed by atoms with Crippen molar-refractivity contribution in [2.75, 3.05) is 22.6 Å². The number of nitrogens with zero attached hydrogens (tertiary/aromatic N) is 4. The molecular weight excluding hydrogens is 498 g/mol. The molecule has 1 N–H and O–H groups in total. The Morgan fingerprint density at radius 2 is 2.00 bits per heavy atom. The molecule has 0 unspecified atom stereocenters. The number of halogens is 4. The number of rotatable bonds is 10. The van der Waals surface area contributed by atoms with Crippen LogP contribution in [0.3, 0.4) is 0 Å². The molecule has 0 amide bonds. The predicted molar refractivity (Wildman–Crippen MR) is 138 cm³/mol. The Hall–Kier alpha value is -2.92. The molecule has 0 spiro atoms. The number of anilines is 2. The number of aryl methyl sites for hydroxylation is 3. The molecule has 0 aliphatic rings. The maximum Gasteiger partial charge on any atom is 0.405 e. The highest BCUT2D eigenvalue weighted by molar-refractivity contribution is 8.02. The number of nitrogens with one attached hydrogen (secondary N) is 1. The summed E-state index contributed by atoms with van der Waals surface area (Å²) in [6.07, 6.45) is -2.99. The smallest absolute Gasteiger partial charge is 0.361 e. The lowest BCUT2D eigenvalue weighted by Gasteiger charge is -2.26. The summed E-state index contributed by atoms with van der Waals surface area (Å²) in [7, 11) is 0. The minimum Gasteiger partial charge on any atom is -0.361 e. The van der Waals surface area contributed by atoms with E-state index in [4.69, 9.17) is 0 Å². The van der Waals surface area contributed by atoms with Gasteiger partial charge in [0.2, 0.25) is 0 Å². The van der Waals surface area contributed by atoms with Gasteiger partial charge in [-0.25, -0.2) is 14.4 Å². The number of hydrogen-bond donors (Lipinski definition) is 1. The van der Waals surface area contributed by atoms with E-state index in [9.17, 15) is 17.6 Å². The van der Waals surface area contributed by atoms with Crippen molar-refractivity contribution in [2.24, 2.45) is 4.99 Å². The topological polar surface area (TPSA) is 53.4 Å². The van der Waals surface area contributed by atoms with E-state index in [2.05, 4.69) is 27.0 Å². The Morgan fingerprint density at radius 3 is 2.57 bits per heavy atom. The molecule has 1 aromatic carbocycles. The van der Waals surface area contributed by atoms with Crippen molar-refractivity contribution >= 4 is 47.0 Å². The normalized spacial score (nSPS) is 12.0. The molecule has 2 heterocycles. The molecule has 0 radical (unpaired) electrons. The first-order valence-electron chi connectivity index (χ1n) is 10.6. The zero-order valence-corrected chi connectivity index (χ0v) is 21.1. The van der Waals surface area contributed by atoms with E-state index in [1.165, 1.54) is 30.1 Å². The van der Waals surface area contributed by atoms with E-state index in [1.807, 2.05) is 19.3 Å². The standard InChI is InChI=1S/C24H25F4N5S2/c1-15-5-7-21(19(25)9-15)33(13-24(26,27)28)11-18-6-8-22(30-10-18)31-14-34-12-20(29-4)23-16(2)32-17(3)35-23/h5-10,12H,4,11,13-14H2,1-3H3,(H,30,31)/b20-12-. The van der Waals surface area contributed by atoms with Crippen molar-refractivity contribution in [3.8, 4) is 0 Å². The van der Waals surface area contributed by atoms with Gasteiger partial charge in [-0.05, 0) is 62.2 Å². The van der Waals surface area contributed by atoms with Gasteiger partial charge in [0, 0.05) is 12.7 Å². The van der Waals surface area contributed by atoms with Crippen LogP contribution >= 0.6 is 23.1 Å². The van der Waals surface area contributed by atoms with Crippen molar-refractivity contribution in [3.05, 3.63) is 74.5 Å². The van der Waals surface area contributed by atoms with Gasteiger partial charge in [0.15, 0.2) is 0 Å². The quantitative estimate of drug-likeness (QED) is 0.135. The summed E-state index contributed by atoms with van der Waals surface area (Å²) in [5.74, 6) is 0.371. The minimum atomic E-state index is -4.48. The van der Waals surface area contributed by atoms with Gasteiger partial charge in [0.05, 0.1) is 32.8 Å². The van der Waals surface area contributed by atoms with Crippen LogP contribution in [0, 0.1) is 26.6 Å². The average Bonchev–Trinajstić information content (AvgIpc) is 3.11. The average molecular weight is 524 g/mol. The first kappa shape index (κ1) is 26.7. The Morgan fingerprint density at radius 1 is 1.23 bits per heavy atom. The lowest BCUT2D eigenvalue weighted by atomic mass is 10.1. The second-order valence-electron chi connectivity index (χ2n) is 7.77. The first-order valence-corrected chi connectivity index (χ1v) is 12.4. The van der Waals surface area contributed by atoms with Crippen LogP contribution in [0.2, 0.25) is 0 Å². The Kier molecular flexibility index (Phi) is 8.90. The van der Waals surface area contributed by atoms with Crippen LogP contribution in [-0.4, -0.2) is 35.3 Å². The maximum absolute atomic E-state index is 14.4. The monoisotopic (exact) mass is 523 g/mol. The lowest BCUT2D eigenvalue weighted by Crippen LogP contribution is -2.34. The van der Waals surface area contributed by atoms with E-state index in [1.54, 1.807) is 36.5 Å². The van der Waals surface area contributed by atoms with Crippen molar-refractivity contribution < 1.29 is 17.6 Å². The molecule has 3 aromatic rings. The molecule has 186 valence electrons. The third-order valence-corrected chi connectivity index (χ3v) is 6.65. The molecule has 0 aliphatic heterocycles. The van der Waals surface area contributed by atoms with Crippen LogP contribution in [0.15, 0.2) is 46.9 Å². The number of aliphatic imine (C=N–C) groups is 1. The Balaban J connectivity index is 1.62. The number of pyridine rings is 1. The summed E-state index contributed by atoms with van der Waals surface area (Å²) >= 11 is 3.03. The molecule has 35 heavy (non-hydrogen) atoms. The number of alkyl halides is 3. The van der Waals surface area contributed by atoms with Crippen molar-refractivity contribution in [3.63, 3.8) is 0 Å². The zero-order valence-electron chi connectivity index (χ0n) is 19.5. The fraction of sp³-hybridized carbons (Fsp3) is 0.292. The number of hydrogen-bond acceptors (Lipinski definition) is 7. The SMILES string of the molecule is C=N/C(=C\SCNc1ccc(CN(CC(F)(F)F)c2ccc(C)cc2F)cn1)c1sc(C)nc1C. The molecule has 0 saturated heterocycles. The highest BCUT2D eigenvalue weighted by Gasteiger charge is 2.32. The van der Waals surface area contributed by atoms with Gasteiger partial charge in [-0.3, -0.25) is 4.99 Å². The zero-order chi connectivity index (χ0) is 25.6. The summed E-state index contributed by atoms with van der Waals surface area (Å²) in [6, 6.07) is 7.53. The second-order valence-corrected chi connectivity index (χ2v) is 9.84. The molecule has 0 atom stereocenters. The summed E-state index contributed by atoms with van der Waals surface area (Å²) in [5.41, 5.74) is 2.72. The van der Waals surface area contributed by atoms with Crippen LogP contribution in [0.4, 0.5) is 29.1 Å². The summed E-state index contributed by atoms with van der Waals surface area (Å²) in [6.45, 7) is 7.77. The molecule has 3 rings (SSSR count). The van der Waals surface area contributed by atoms with Crippen LogP contribution in [-0.2, 0) is 6.54 Å². The lowest BCUT2D eigenvalue weighted by molar-refractivity contribution is -0.120. The van der Waals surface area contributed by atoms with E-state index < -0.39 is 18.5 Å². The predicted octanol–water partition coefficient (Wildman–Crippen LogP) is 6.97. The number of thiazole rings is 1. The Labute approximate surface area is 210 Å². The third kappa shape index (κ3) is 7.79. The van der Waals surface area contributed by atoms with Gasteiger partial charge in [-0.15, -0.1) is 23.1 Å². The fourth-order valence-corrected chi connectivity index (χ4v) is 4.96. The van der Waals surface area contributed by atoms with E-state index in [-0.39, 0.29) is 12.2 Å². The molecule has 0 saturated carbocycles. The van der Waals surface area contributed by atoms with E-state index in [0.717, 1.165) is 26.2 Å². The Bertz CT molecular complexity index is 1190. The van der Waals surface area contributed by atoms with Crippen molar-refractivity contribution in [2.45, 2.75) is 33.5 Å². The van der Waals surface area contributed by atoms with Gasteiger partial charge in [0.1, 0.15) is 18.2 Å². The molecule has 0 bridgehead atoms. The van der Waals surface area contributed by atoms with Crippen LogP contribution in [0.5, 0.6) is 0 Å². The number of benzene rings is 1. The van der Waals surface area contributed by atoms with Crippen LogP contribution in [0.1, 0.15) is 26.7 Å². The largest absolute Gasteiger partial charge is 0.405 e. The van der Waals surface area contributed by atoms with Gasteiger partial charge < -0.3 is 10.2 Å². The maximum atomic E-state index is 14.4. The van der Waals surface area contributed by atoms with Gasteiger partial charge >= 0.3 is 6.18 Å². The fourth-order valence-electron chi connectivity index (χ4n) is 3.32. The van der Waals surface area contributed by atoms with Crippen molar-refractivity contribution in [1.29, 1.82) is 0 Å². The summed E-state index contributed by atoms with van der Waals surface area (Å²) < 4.78 is 53.8. The molecule has 0 fully saturated rings.